The molecule has 0 fully saturated rings. The number of phenolic OH excluding ortho intramolecular Hbond substituents is 1. The van der Waals surface area contributed by atoms with Crippen LogP contribution in [-0.4, -0.2) is 23.5 Å². The second kappa shape index (κ2) is 4.08. The Morgan fingerprint density at radius 3 is 2.67 bits per heavy atom. The molecule has 18 heavy (non-hydrogen) atoms. The van der Waals surface area contributed by atoms with Crippen LogP contribution in [0.3, 0.4) is 0 Å². The third-order valence-electron chi connectivity index (χ3n) is 2.60. The molecule has 0 aliphatic carbocycles. The zero-order valence-electron chi connectivity index (χ0n) is 10.9. The average Bonchev–Trinajstić information content (AvgIpc) is 2.23. The lowest BCUT2D eigenvalue weighted by atomic mass is 10.1. The molecule has 0 radical (unpaired) electrons. The molecule has 0 aromatic heterocycles. The van der Waals surface area contributed by atoms with Gasteiger partial charge < -0.3 is 19.3 Å². The van der Waals surface area contributed by atoms with Gasteiger partial charge in [-0.25, -0.2) is 4.79 Å². The van der Waals surface area contributed by atoms with Crippen LogP contribution >= 0.6 is 0 Å². The monoisotopic (exact) mass is 252 g/mol. The first-order valence-electron chi connectivity index (χ1n) is 5.77. The van der Waals surface area contributed by atoms with E-state index < -0.39 is 11.8 Å². The number of carbonyl (C=O) groups is 1. The van der Waals surface area contributed by atoms with Gasteiger partial charge in [0.25, 0.3) is 0 Å². The van der Waals surface area contributed by atoms with Crippen molar-refractivity contribution in [2.75, 3.05) is 6.61 Å². The van der Waals surface area contributed by atoms with Gasteiger partial charge in [-0.05, 0) is 25.5 Å². The number of rotatable bonds is 2. The highest BCUT2D eigenvalue weighted by Crippen LogP contribution is 2.45. The Bertz CT molecular complexity index is 505. The lowest BCUT2D eigenvalue weighted by Gasteiger charge is -2.33. The minimum atomic E-state index is -1.10. The summed E-state index contributed by atoms with van der Waals surface area (Å²) in [7, 11) is 0. The Hall–Kier alpha value is -1.91. The molecule has 1 N–H and O–H groups in total. The van der Waals surface area contributed by atoms with Gasteiger partial charge >= 0.3 is 5.97 Å². The van der Waals surface area contributed by atoms with Crippen LogP contribution < -0.4 is 9.47 Å². The van der Waals surface area contributed by atoms with Gasteiger partial charge in [0.05, 0.1) is 6.61 Å². The quantitative estimate of drug-likeness (QED) is 0.819. The number of cyclic esters (lactones) is 1. The molecular weight excluding hydrogens is 236 g/mol. The fourth-order valence-electron chi connectivity index (χ4n) is 1.85. The number of hydrogen-bond acceptors (Lipinski definition) is 5. The van der Waals surface area contributed by atoms with Crippen LogP contribution in [0, 0.1) is 6.92 Å². The van der Waals surface area contributed by atoms with E-state index in [9.17, 15) is 9.90 Å². The number of esters is 1. The maximum atomic E-state index is 12.0. The average molecular weight is 252 g/mol. The van der Waals surface area contributed by atoms with E-state index in [1.165, 1.54) is 0 Å². The van der Waals surface area contributed by atoms with Gasteiger partial charge in [-0.3, -0.25) is 0 Å². The number of phenols is 1. The van der Waals surface area contributed by atoms with Gasteiger partial charge in [0.1, 0.15) is 11.3 Å². The molecule has 2 rings (SSSR count). The molecule has 1 aromatic carbocycles. The SMILES string of the molecule is CCOc1cc(C)c(O)c2c1C(=O)OC(C)(C)O2. The standard InChI is InChI=1S/C13H16O5/c1-5-16-8-6-7(2)10(14)11-9(8)12(15)18-13(3,4)17-11/h6,14H,5H2,1-4H3. The molecule has 0 amide bonds. The van der Waals surface area contributed by atoms with Gasteiger partial charge in [-0.1, -0.05) is 0 Å². The van der Waals surface area contributed by atoms with Gasteiger partial charge in [0.15, 0.2) is 11.5 Å². The highest BCUT2D eigenvalue weighted by atomic mass is 16.7. The van der Waals surface area contributed by atoms with E-state index in [1.54, 1.807) is 26.8 Å². The number of ether oxygens (including phenoxy) is 3. The van der Waals surface area contributed by atoms with E-state index in [-0.39, 0.29) is 17.1 Å². The highest BCUT2D eigenvalue weighted by Gasteiger charge is 2.38. The summed E-state index contributed by atoms with van der Waals surface area (Å²) >= 11 is 0. The van der Waals surface area contributed by atoms with Crippen LogP contribution in [0.15, 0.2) is 6.07 Å². The van der Waals surface area contributed by atoms with Crippen LogP contribution in [0.2, 0.25) is 0 Å². The molecule has 5 nitrogen and oxygen atoms in total. The molecule has 0 saturated heterocycles. The molecule has 0 atom stereocenters. The largest absolute Gasteiger partial charge is 0.504 e. The van der Waals surface area contributed by atoms with Crippen molar-refractivity contribution in [3.8, 4) is 17.2 Å². The van der Waals surface area contributed by atoms with E-state index in [2.05, 4.69) is 0 Å². The lowest BCUT2D eigenvalue weighted by Crippen LogP contribution is -2.39. The van der Waals surface area contributed by atoms with E-state index in [0.29, 0.717) is 17.9 Å². The van der Waals surface area contributed by atoms with Crippen molar-refractivity contribution in [1.82, 2.24) is 0 Å². The summed E-state index contributed by atoms with van der Waals surface area (Å²) in [5.74, 6) is -1.22. The number of aryl methyl sites for hydroxylation is 1. The molecule has 98 valence electrons. The number of fused-ring (bicyclic) bond motifs is 1. The molecule has 1 heterocycles. The first-order chi connectivity index (χ1) is 8.35. The smallest absolute Gasteiger partial charge is 0.349 e. The van der Waals surface area contributed by atoms with Crippen molar-refractivity contribution in [2.24, 2.45) is 0 Å². The summed E-state index contributed by atoms with van der Waals surface area (Å²) in [6, 6.07) is 1.60. The molecule has 0 bridgehead atoms. The fourth-order valence-corrected chi connectivity index (χ4v) is 1.85. The van der Waals surface area contributed by atoms with Crippen LogP contribution in [0.25, 0.3) is 0 Å². The molecule has 5 heteroatoms. The lowest BCUT2D eigenvalue weighted by molar-refractivity contribution is -0.128. The number of aromatic hydroxyl groups is 1. The Morgan fingerprint density at radius 2 is 2.06 bits per heavy atom. The van der Waals surface area contributed by atoms with E-state index in [4.69, 9.17) is 14.2 Å². The number of hydrogen-bond donors (Lipinski definition) is 1. The molecule has 1 aliphatic rings. The van der Waals surface area contributed by atoms with Crippen molar-refractivity contribution < 1.29 is 24.1 Å². The van der Waals surface area contributed by atoms with Crippen molar-refractivity contribution in [2.45, 2.75) is 33.5 Å². The Balaban J connectivity index is 2.64. The predicted octanol–water partition coefficient (Wildman–Crippen LogP) is 2.38. The third kappa shape index (κ3) is 1.96. The minimum Gasteiger partial charge on any atom is -0.504 e. The van der Waals surface area contributed by atoms with E-state index in [0.717, 1.165) is 0 Å². The zero-order chi connectivity index (χ0) is 13.5. The second-order valence-electron chi connectivity index (χ2n) is 4.57. The van der Waals surface area contributed by atoms with Crippen molar-refractivity contribution in [3.05, 3.63) is 17.2 Å². The highest BCUT2D eigenvalue weighted by molar-refractivity contribution is 5.98. The summed E-state index contributed by atoms with van der Waals surface area (Å²) < 4.78 is 16.0. The van der Waals surface area contributed by atoms with Crippen LogP contribution in [0.5, 0.6) is 17.2 Å². The topological polar surface area (TPSA) is 65.0 Å². The van der Waals surface area contributed by atoms with Crippen molar-refractivity contribution >= 4 is 5.97 Å². The zero-order valence-corrected chi connectivity index (χ0v) is 10.9. The third-order valence-corrected chi connectivity index (χ3v) is 2.60. The maximum absolute atomic E-state index is 12.0. The summed E-state index contributed by atoms with van der Waals surface area (Å²) in [4.78, 5) is 12.0. The van der Waals surface area contributed by atoms with E-state index >= 15 is 0 Å². The first-order valence-corrected chi connectivity index (χ1v) is 5.77. The summed E-state index contributed by atoms with van der Waals surface area (Å²) in [6.45, 7) is 7.15. The Labute approximate surface area is 105 Å². The van der Waals surface area contributed by atoms with Gasteiger partial charge in [-0.2, -0.15) is 0 Å². The minimum absolute atomic E-state index is 0.0572. The van der Waals surface area contributed by atoms with Crippen molar-refractivity contribution in [1.29, 1.82) is 0 Å². The van der Waals surface area contributed by atoms with Crippen LogP contribution in [0.1, 0.15) is 36.7 Å². The summed E-state index contributed by atoms with van der Waals surface area (Å²) in [5.41, 5.74) is 0.724. The second-order valence-corrected chi connectivity index (χ2v) is 4.57. The summed E-state index contributed by atoms with van der Waals surface area (Å²) in [6.07, 6.45) is 0. The van der Waals surface area contributed by atoms with Gasteiger partial charge in [0, 0.05) is 13.8 Å². The molecule has 0 unspecified atom stereocenters. The number of carbonyl (C=O) groups excluding carboxylic acids is 1. The van der Waals surface area contributed by atoms with Crippen LogP contribution in [-0.2, 0) is 4.74 Å². The molecule has 1 aliphatic heterocycles. The first kappa shape index (κ1) is 12.5. The van der Waals surface area contributed by atoms with Gasteiger partial charge in [-0.15, -0.1) is 0 Å². The molecule has 0 saturated carbocycles. The normalized spacial score (nSPS) is 16.6. The maximum Gasteiger partial charge on any atom is 0.349 e. The molecular formula is C13H16O5. The van der Waals surface area contributed by atoms with Gasteiger partial charge in [0.2, 0.25) is 5.79 Å². The summed E-state index contributed by atoms with van der Waals surface area (Å²) in [5, 5.41) is 10.00. The Kier molecular flexibility index (Phi) is 2.84. The predicted molar refractivity (Wildman–Crippen MR) is 64.1 cm³/mol. The van der Waals surface area contributed by atoms with E-state index in [1.807, 2.05) is 6.92 Å². The fraction of sp³-hybridized carbons (Fsp3) is 0.462. The van der Waals surface area contributed by atoms with Crippen LogP contribution in [0.4, 0.5) is 0 Å². The Morgan fingerprint density at radius 1 is 1.39 bits per heavy atom. The molecule has 1 aromatic rings. The number of benzene rings is 1. The molecule has 0 spiro atoms. The van der Waals surface area contributed by atoms with Crippen molar-refractivity contribution in [3.63, 3.8) is 0 Å².